The summed E-state index contributed by atoms with van der Waals surface area (Å²) in [6.45, 7) is 9.41. The Hall–Kier alpha value is -2.31. The molecule has 0 saturated heterocycles. The Bertz CT molecular complexity index is 619. The van der Waals surface area contributed by atoms with Crippen molar-refractivity contribution in [3.63, 3.8) is 0 Å². The smallest absolute Gasteiger partial charge is 0.341 e. The summed E-state index contributed by atoms with van der Waals surface area (Å²) in [4.78, 5) is 35.9. The highest BCUT2D eigenvalue weighted by atomic mass is 16.5. The van der Waals surface area contributed by atoms with Gasteiger partial charge in [-0.05, 0) is 24.8 Å². The molecule has 1 heterocycles. The number of carbonyl (C=O) groups is 3. The highest BCUT2D eigenvalue weighted by Crippen LogP contribution is 2.15. The SMILES string of the molecule is COC(=O)c1cc(CNC(=O)C(NC(=O)CC(C)C)C(C)C)oc1C. The molecular formula is C18H28N2O5. The minimum Gasteiger partial charge on any atom is -0.465 e. The van der Waals surface area contributed by atoms with Crippen LogP contribution in [0.5, 0.6) is 0 Å². The molecule has 2 N–H and O–H groups in total. The molecule has 0 fully saturated rings. The number of carbonyl (C=O) groups excluding carboxylic acids is 3. The highest BCUT2D eigenvalue weighted by molar-refractivity contribution is 5.90. The zero-order valence-electron chi connectivity index (χ0n) is 15.8. The summed E-state index contributed by atoms with van der Waals surface area (Å²) in [5.74, 6) is 0.120. The van der Waals surface area contributed by atoms with Gasteiger partial charge in [-0.15, -0.1) is 0 Å². The first-order chi connectivity index (χ1) is 11.6. The third-order valence-electron chi connectivity index (χ3n) is 3.67. The molecule has 1 unspecified atom stereocenters. The maximum absolute atomic E-state index is 12.4. The van der Waals surface area contributed by atoms with E-state index in [-0.39, 0.29) is 30.2 Å². The van der Waals surface area contributed by atoms with E-state index in [4.69, 9.17) is 4.42 Å². The number of aryl methyl sites for hydroxylation is 1. The number of rotatable bonds is 8. The molecule has 0 radical (unpaired) electrons. The molecule has 0 aliphatic heterocycles. The monoisotopic (exact) mass is 352 g/mol. The van der Waals surface area contributed by atoms with E-state index in [1.807, 2.05) is 27.7 Å². The summed E-state index contributed by atoms with van der Waals surface area (Å²) < 4.78 is 10.1. The first-order valence-electron chi connectivity index (χ1n) is 8.40. The molecule has 25 heavy (non-hydrogen) atoms. The fraction of sp³-hybridized carbons (Fsp3) is 0.611. The van der Waals surface area contributed by atoms with Crippen molar-refractivity contribution < 1.29 is 23.5 Å². The van der Waals surface area contributed by atoms with Gasteiger partial charge in [0.1, 0.15) is 23.1 Å². The van der Waals surface area contributed by atoms with Crippen molar-refractivity contribution >= 4 is 17.8 Å². The fourth-order valence-corrected chi connectivity index (χ4v) is 2.37. The van der Waals surface area contributed by atoms with Crippen LogP contribution < -0.4 is 10.6 Å². The topological polar surface area (TPSA) is 97.6 Å². The van der Waals surface area contributed by atoms with Crippen LogP contribution >= 0.6 is 0 Å². The van der Waals surface area contributed by atoms with Crippen LogP contribution in [0.3, 0.4) is 0 Å². The third kappa shape index (κ3) is 6.25. The average molecular weight is 352 g/mol. The van der Waals surface area contributed by atoms with E-state index < -0.39 is 12.0 Å². The van der Waals surface area contributed by atoms with E-state index in [1.165, 1.54) is 7.11 Å². The number of esters is 1. The Morgan fingerprint density at radius 2 is 1.84 bits per heavy atom. The molecule has 0 spiro atoms. The zero-order chi connectivity index (χ0) is 19.1. The van der Waals surface area contributed by atoms with Crippen LogP contribution in [0.25, 0.3) is 0 Å². The normalized spacial score (nSPS) is 12.2. The minimum atomic E-state index is -0.623. The van der Waals surface area contributed by atoms with Crippen molar-refractivity contribution in [1.82, 2.24) is 10.6 Å². The predicted molar refractivity (Wildman–Crippen MR) is 92.9 cm³/mol. The lowest BCUT2D eigenvalue weighted by Gasteiger charge is -2.22. The molecule has 0 aromatic carbocycles. The quantitative estimate of drug-likeness (QED) is 0.699. The van der Waals surface area contributed by atoms with Gasteiger partial charge < -0.3 is 19.8 Å². The Balaban J connectivity index is 2.69. The molecule has 7 nitrogen and oxygen atoms in total. The van der Waals surface area contributed by atoms with E-state index in [0.29, 0.717) is 23.5 Å². The standard InChI is InChI=1S/C18H28N2O5/c1-10(2)7-15(21)20-16(11(3)4)17(22)19-9-13-8-14(12(5)25-13)18(23)24-6/h8,10-11,16H,7,9H2,1-6H3,(H,19,22)(H,20,21). The van der Waals surface area contributed by atoms with Crippen LogP contribution in [0.15, 0.2) is 10.5 Å². The van der Waals surface area contributed by atoms with Crippen LogP contribution in [-0.2, 0) is 20.9 Å². The van der Waals surface area contributed by atoms with Crippen LogP contribution in [-0.4, -0.2) is 30.9 Å². The van der Waals surface area contributed by atoms with Gasteiger partial charge in [0.15, 0.2) is 0 Å². The Morgan fingerprint density at radius 1 is 1.20 bits per heavy atom. The van der Waals surface area contributed by atoms with Gasteiger partial charge in [-0.25, -0.2) is 4.79 Å². The summed E-state index contributed by atoms with van der Waals surface area (Å²) >= 11 is 0. The number of amides is 2. The van der Waals surface area contributed by atoms with Gasteiger partial charge in [-0.1, -0.05) is 27.7 Å². The first kappa shape index (κ1) is 20.7. The molecule has 0 aliphatic carbocycles. The zero-order valence-corrected chi connectivity index (χ0v) is 15.8. The molecule has 1 aromatic rings. The number of nitrogens with one attached hydrogen (secondary N) is 2. The second-order valence-corrected chi connectivity index (χ2v) is 6.78. The predicted octanol–water partition coefficient (Wildman–Crippen LogP) is 2.18. The number of ether oxygens (including phenoxy) is 1. The number of methoxy groups -OCH3 is 1. The summed E-state index contributed by atoms with van der Waals surface area (Å²) in [6, 6.07) is 0.922. The Morgan fingerprint density at radius 3 is 2.36 bits per heavy atom. The van der Waals surface area contributed by atoms with Crippen molar-refractivity contribution in [3.8, 4) is 0 Å². The Kier molecular flexibility index (Phi) is 7.67. The van der Waals surface area contributed by atoms with Gasteiger partial charge >= 0.3 is 5.97 Å². The van der Waals surface area contributed by atoms with Crippen LogP contribution in [0.4, 0.5) is 0 Å². The van der Waals surface area contributed by atoms with E-state index >= 15 is 0 Å². The second kappa shape index (κ2) is 9.25. The molecule has 1 rings (SSSR count). The lowest BCUT2D eigenvalue weighted by atomic mass is 10.0. The van der Waals surface area contributed by atoms with Gasteiger partial charge in [0.25, 0.3) is 0 Å². The second-order valence-electron chi connectivity index (χ2n) is 6.78. The molecular weight excluding hydrogens is 324 g/mol. The van der Waals surface area contributed by atoms with Crippen LogP contribution in [0.1, 0.15) is 56.0 Å². The van der Waals surface area contributed by atoms with Crippen LogP contribution in [0, 0.1) is 18.8 Å². The fourth-order valence-electron chi connectivity index (χ4n) is 2.37. The van der Waals surface area contributed by atoms with Crippen molar-refractivity contribution in [2.45, 2.75) is 53.6 Å². The van der Waals surface area contributed by atoms with E-state index in [9.17, 15) is 14.4 Å². The number of furan rings is 1. The number of hydrogen-bond donors (Lipinski definition) is 2. The third-order valence-corrected chi connectivity index (χ3v) is 3.67. The van der Waals surface area contributed by atoms with Crippen molar-refractivity contribution in [1.29, 1.82) is 0 Å². The summed E-state index contributed by atoms with van der Waals surface area (Å²) in [5.41, 5.74) is 0.331. The molecule has 0 bridgehead atoms. The summed E-state index contributed by atoms with van der Waals surface area (Å²) in [7, 11) is 1.29. The number of hydrogen-bond acceptors (Lipinski definition) is 5. The van der Waals surface area contributed by atoms with Crippen molar-refractivity contribution in [2.75, 3.05) is 7.11 Å². The minimum absolute atomic E-state index is 0.0555. The molecule has 2 amide bonds. The molecule has 7 heteroatoms. The molecule has 0 saturated carbocycles. The van der Waals surface area contributed by atoms with Crippen molar-refractivity contribution in [3.05, 3.63) is 23.2 Å². The van der Waals surface area contributed by atoms with E-state index in [0.717, 1.165) is 0 Å². The lowest BCUT2D eigenvalue weighted by Crippen LogP contribution is -2.49. The molecule has 1 atom stereocenters. The maximum atomic E-state index is 12.4. The van der Waals surface area contributed by atoms with Gasteiger partial charge in [0, 0.05) is 6.42 Å². The summed E-state index contributed by atoms with van der Waals surface area (Å²) in [5, 5.41) is 5.51. The first-order valence-corrected chi connectivity index (χ1v) is 8.40. The van der Waals surface area contributed by atoms with Gasteiger partial charge in [-0.2, -0.15) is 0 Å². The van der Waals surface area contributed by atoms with Gasteiger partial charge in [0.2, 0.25) is 11.8 Å². The van der Waals surface area contributed by atoms with Gasteiger partial charge in [0.05, 0.1) is 13.7 Å². The maximum Gasteiger partial charge on any atom is 0.341 e. The van der Waals surface area contributed by atoms with Crippen molar-refractivity contribution in [2.24, 2.45) is 11.8 Å². The van der Waals surface area contributed by atoms with E-state index in [2.05, 4.69) is 15.4 Å². The van der Waals surface area contributed by atoms with Gasteiger partial charge in [-0.3, -0.25) is 9.59 Å². The highest BCUT2D eigenvalue weighted by Gasteiger charge is 2.24. The average Bonchev–Trinajstić information content (AvgIpc) is 2.89. The molecule has 140 valence electrons. The van der Waals surface area contributed by atoms with E-state index in [1.54, 1.807) is 13.0 Å². The largest absolute Gasteiger partial charge is 0.465 e. The van der Waals surface area contributed by atoms with Crippen LogP contribution in [0.2, 0.25) is 0 Å². The lowest BCUT2D eigenvalue weighted by molar-refractivity contribution is -0.130. The summed E-state index contributed by atoms with van der Waals surface area (Å²) in [6.07, 6.45) is 0.371. The molecule has 0 aliphatic rings. The molecule has 1 aromatic heterocycles. The Labute approximate surface area is 148 Å².